The van der Waals surface area contributed by atoms with Gasteiger partial charge in [-0.2, -0.15) is 0 Å². The van der Waals surface area contributed by atoms with E-state index in [1.807, 2.05) is 25.1 Å². The first-order chi connectivity index (χ1) is 15.6. The molecule has 0 spiro atoms. The molecule has 3 nitrogen and oxygen atoms in total. The summed E-state index contributed by atoms with van der Waals surface area (Å²) in [6.45, 7) is 13.9. The Labute approximate surface area is 205 Å². The van der Waals surface area contributed by atoms with Crippen molar-refractivity contribution in [2.24, 2.45) is 0 Å². The Kier molecular flexibility index (Phi) is 8.11. The van der Waals surface area contributed by atoms with Gasteiger partial charge in [-0.25, -0.2) is 0 Å². The Hall–Kier alpha value is -2.47. The monoisotopic (exact) mass is 510 g/mol. The van der Waals surface area contributed by atoms with E-state index < -0.39 is 0 Å². The van der Waals surface area contributed by atoms with E-state index in [4.69, 9.17) is 9.47 Å². The van der Waals surface area contributed by atoms with E-state index >= 15 is 0 Å². The SMILES string of the molecule is CCOC(=O)C=C(C)C#C[Se]c1cc2c(cc1OCc1ccccc1)C(C)(C)CCC2(C)C. The maximum absolute atomic E-state index is 11.7. The van der Waals surface area contributed by atoms with E-state index in [9.17, 15) is 4.79 Å². The average Bonchev–Trinajstić information content (AvgIpc) is 2.76. The van der Waals surface area contributed by atoms with Gasteiger partial charge in [-0.3, -0.25) is 0 Å². The van der Waals surface area contributed by atoms with Gasteiger partial charge in [0.05, 0.1) is 0 Å². The number of benzene rings is 2. The van der Waals surface area contributed by atoms with Crippen molar-refractivity contribution in [2.75, 3.05) is 6.61 Å². The van der Waals surface area contributed by atoms with Crippen LogP contribution in [0, 0.1) is 10.7 Å². The average molecular weight is 510 g/mol. The van der Waals surface area contributed by atoms with Crippen LogP contribution in [0.4, 0.5) is 0 Å². The van der Waals surface area contributed by atoms with E-state index in [2.05, 4.69) is 62.7 Å². The molecule has 0 aliphatic heterocycles. The second kappa shape index (κ2) is 10.6. The fraction of sp³-hybridized carbons (Fsp3) is 0.414. The molecule has 0 N–H and O–H groups in total. The van der Waals surface area contributed by atoms with Crippen LogP contribution in [0.1, 0.15) is 71.1 Å². The molecule has 0 heterocycles. The van der Waals surface area contributed by atoms with Crippen molar-refractivity contribution >= 4 is 25.4 Å². The maximum atomic E-state index is 11.7. The van der Waals surface area contributed by atoms with Gasteiger partial charge in [0.15, 0.2) is 0 Å². The number of ether oxygens (including phenoxy) is 2. The van der Waals surface area contributed by atoms with Gasteiger partial charge in [0.25, 0.3) is 0 Å². The summed E-state index contributed by atoms with van der Waals surface area (Å²) in [7, 11) is 0. The van der Waals surface area contributed by atoms with Crippen LogP contribution < -0.4 is 9.20 Å². The number of carbonyl (C=O) groups is 1. The van der Waals surface area contributed by atoms with Crippen molar-refractivity contribution in [1.82, 2.24) is 0 Å². The molecule has 0 bridgehead atoms. The van der Waals surface area contributed by atoms with Gasteiger partial charge in [0, 0.05) is 0 Å². The zero-order chi connectivity index (χ0) is 24.1. The van der Waals surface area contributed by atoms with Gasteiger partial charge in [0.1, 0.15) is 0 Å². The quantitative estimate of drug-likeness (QED) is 0.226. The Balaban J connectivity index is 1.95. The van der Waals surface area contributed by atoms with Gasteiger partial charge in [-0.1, -0.05) is 0 Å². The summed E-state index contributed by atoms with van der Waals surface area (Å²) in [6.07, 6.45) is 3.78. The molecule has 0 saturated carbocycles. The molecule has 2 aromatic carbocycles. The summed E-state index contributed by atoms with van der Waals surface area (Å²) in [5.41, 5.74) is 4.89. The van der Waals surface area contributed by atoms with Crippen molar-refractivity contribution in [3.05, 3.63) is 70.8 Å². The number of hydrogen-bond acceptors (Lipinski definition) is 3. The molecular formula is C29H34O3Se. The predicted molar refractivity (Wildman–Crippen MR) is 136 cm³/mol. The van der Waals surface area contributed by atoms with Crippen LogP contribution >= 0.6 is 0 Å². The van der Waals surface area contributed by atoms with E-state index in [0.29, 0.717) is 18.8 Å². The minimum atomic E-state index is -0.346. The summed E-state index contributed by atoms with van der Waals surface area (Å²) in [5.74, 6) is 3.70. The zero-order valence-electron chi connectivity index (χ0n) is 20.6. The van der Waals surface area contributed by atoms with Crippen molar-refractivity contribution in [2.45, 2.75) is 71.8 Å². The summed E-state index contributed by atoms with van der Waals surface area (Å²) < 4.78 is 12.5. The Bertz CT molecular complexity index is 1090. The molecule has 33 heavy (non-hydrogen) atoms. The van der Waals surface area contributed by atoms with E-state index in [1.165, 1.54) is 17.2 Å². The van der Waals surface area contributed by atoms with E-state index in [0.717, 1.165) is 28.6 Å². The van der Waals surface area contributed by atoms with E-state index in [-0.39, 0.29) is 31.8 Å². The van der Waals surface area contributed by atoms with Crippen LogP contribution in [-0.2, 0) is 27.0 Å². The number of hydrogen-bond donors (Lipinski definition) is 0. The van der Waals surface area contributed by atoms with Gasteiger partial charge >= 0.3 is 205 Å². The van der Waals surface area contributed by atoms with Crippen molar-refractivity contribution in [1.29, 1.82) is 0 Å². The van der Waals surface area contributed by atoms with Gasteiger partial charge in [0.2, 0.25) is 0 Å². The number of rotatable bonds is 6. The van der Waals surface area contributed by atoms with Gasteiger partial charge < -0.3 is 0 Å². The molecule has 1 aliphatic rings. The number of allylic oxidation sites excluding steroid dienone is 1. The Morgan fingerprint density at radius 1 is 1.06 bits per heavy atom. The molecule has 174 valence electrons. The van der Waals surface area contributed by atoms with Crippen LogP contribution in [-0.4, -0.2) is 27.5 Å². The zero-order valence-corrected chi connectivity index (χ0v) is 22.3. The fourth-order valence-electron chi connectivity index (χ4n) is 4.06. The molecule has 0 unspecified atom stereocenters. The molecule has 3 rings (SSSR count). The van der Waals surface area contributed by atoms with Crippen molar-refractivity contribution < 1.29 is 14.3 Å². The Morgan fingerprint density at radius 3 is 2.33 bits per heavy atom. The molecule has 1 aliphatic carbocycles. The molecular weight excluding hydrogens is 475 g/mol. The number of fused-ring (bicyclic) bond motifs is 1. The predicted octanol–water partition coefficient (Wildman–Crippen LogP) is 5.41. The summed E-state index contributed by atoms with van der Waals surface area (Å²) in [4.78, 5) is 15.0. The van der Waals surface area contributed by atoms with Crippen LogP contribution in [0.2, 0.25) is 0 Å². The summed E-state index contributed by atoms with van der Waals surface area (Å²) in [6, 6.07) is 14.8. The molecule has 4 heteroatoms. The first-order valence-electron chi connectivity index (χ1n) is 11.5. The normalized spacial score (nSPS) is 16.2. The first kappa shape index (κ1) is 25.2. The van der Waals surface area contributed by atoms with Crippen molar-refractivity contribution in [3.8, 4) is 16.5 Å². The molecule has 0 radical (unpaired) electrons. The van der Waals surface area contributed by atoms with Crippen LogP contribution in [0.15, 0.2) is 54.1 Å². The van der Waals surface area contributed by atoms with Crippen molar-refractivity contribution in [3.63, 3.8) is 0 Å². The topological polar surface area (TPSA) is 35.5 Å². The van der Waals surface area contributed by atoms with Gasteiger partial charge in [-0.05, 0) is 0 Å². The number of esters is 1. The number of carbonyl (C=O) groups excluding carboxylic acids is 1. The second-order valence-corrected chi connectivity index (χ2v) is 11.6. The first-order valence-corrected chi connectivity index (χ1v) is 13.2. The molecule has 0 fully saturated rings. The van der Waals surface area contributed by atoms with E-state index in [1.54, 1.807) is 6.92 Å². The molecule has 0 amide bonds. The van der Waals surface area contributed by atoms with Gasteiger partial charge in [-0.15, -0.1) is 0 Å². The summed E-state index contributed by atoms with van der Waals surface area (Å²) >= 11 is -0.109. The molecule has 0 saturated heterocycles. The third-order valence-electron chi connectivity index (χ3n) is 6.18. The standard InChI is InChI=1S/C29H34O3Se/c1-7-31-27(30)17-21(2)13-16-33-26-19-24-23(28(3,4)14-15-29(24,5)6)18-25(26)32-20-22-11-9-8-10-12-22/h8-12,17-19H,7,14-15,20H2,1-6H3. The molecule has 2 aromatic rings. The molecule has 0 aromatic heterocycles. The van der Waals surface area contributed by atoms with Crippen LogP contribution in [0.5, 0.6) is 5.75 Å². The summed E-state index contributed by atoms with van der Waals surface area (Å²) in [5, 5.41) is 0. The molecule has 0 atom stereocenters. The van der Waals surface area contributed by atoms with Crippen LogP contribution in [0.25, 0.3) is 0 Å². The minimum absolute atomic E-state index is 0.109. The third kappa shape index (κ3) is 6.53. The third-order valence-corrected chi connectivity index (χ3v) is 7.74. The second-order valence-electron chi connectivity index (χ2n) is 9.80. The van der Waals surface area contributed by atoms with Crippen LogP contribution in [0.3, 0.4) is 0 Å². The fourth-order valence-corrected chi connectivity index (χ4v) is 5.56. The Morgan fingerprint density at radius 2 is 1.70 bits per heavy atom.